The van der Waals surface area contributed by atoms with Gasteiger partial charge in [-0.3, -0.25) is 4.31 Å². The molecule has 0 bridgehead atoms. The third kappa shape index (κ3) is 7.21. The molecule has 0 saturated heterocycles. The minimum atomic E-state index is -3.57. The lowest BCUT2D eigenvalue weighted by atomic mass is 10.1. The predicted octanol–water partition coefficient (Wildman–Crippen LogP) is 5.78. The van der Waals surface area contributed by atoms with E-state index in [9.17, 15) is 13.5 Å². The van der Waals surface area contributed by atoms with Crippen molar-refractivity contribution in [1.29, 1.82) is 0 Å². The molecule has 0 spiro atoms. The maximum Gasteiger partial charge on any atom is 0.236 e. The van der Waals surface area contributed by atoms with Crippen LogP contribution in [0.3, 0.4) is 0 Å². The molecule has 0 amide bonds. The Morgan fingerprint density at radius 2 is 1.42 bits per heavy atom. The van der Waals surface area contributed by atoms with Crippen molar-refractivity contribution >= 4 is 26.5 Å². The monoisotopic (exact) mass is 468 g/mol. The van der Waals surface area contributed by atoms with Crippen molar-refractivity contribution in [2.24, 2.45) is 0 Å². The number of anilines is 1. The van der Waals surface area contributed by atoms with E-state index in [-0.39, 0.29) is 18.0 Å². The fraction of sp³-hybridized carbons (Fsp3) is 0.407. The minimum absolute atomic E-state index is 0.0747. The average molecular weight is 469 g/mol. The zero-order chi connectivity index (χ0) is 23.7. The van der Waals surface area contributed by atoms with Crippen LogP contribution in [0.2, 0.25) is 0 Å². The number of sulfonamides is 1. The summed E-state index contributed by atoms with van der Waals surface area (Å²) in [6, 6.07) is 20.5. The lowest BCUT2D eigenvalue weighted by Crippen LogP contribution is -2.38. The van der Waals surface area contributed by atoms with Gasteiger partial charge in [-0.1, -0.05) is 69.2 Å². The molecular weight excluding hydrogens is 432 g/mol. The highest BCUT2D eigenvalue weighted by Crippen LogP contribution is 2.27. The van der Waals surface area contributed by atoms with Crippen molar-refractivity contribution in [3.05, 3.63) is 72.3 Å². The molecule has 0 unspecified atom stereocenters. The number of fused-ring (bicyclic) bond motifs is 1. The largest absolute Gasteiger partial charge is 0.508 e. The van der Waals surface area contributed by atoms with Crippen molar-refractivity contribution in [2.45, 2.75) is 46.1 Å². The van der Waals surface area contributed by atoms with Gasteiger partial charge in [-0.15, -0.1) is 0 Å². The third-order valence-electron chi connectivity index (χ3n) is 5.94. The highest BCUT2D eigenvalue weighted by Gasteiger charge is 2.24. The van der Waals surface area contributed by atoms with E-state index < -0.39 is 10.0 Å². The Morgan fingerprint density at radius 3 is 2.06 bits per heavy atom. The smallest absolute Gasteiger partial charge is 0.236 e. The van der Waals surface area contributed by atoms with Crippen molar-refractivity contribution in [3.63, 3.8) is 0 Å². The minimum Gasteiger partial charge on any atom is -0.508 e. The first-order chi connectivity index (χ1) is 15.9. The van der Waals surface area contributed by atoms with Crippen LogP contribution in [0.25, 0.3) is 10.8 Å². The van der Waals surface area contributed by atoms with Crippen molar-refractivity contribution < 1.29 is 13.5 Å². The van der Waals surface area contributed by atoms with E-state index in [1.165, 1.54) is 4.31 Å². The Labute approximate surface area is 198 Å². The van der Waals surface area contributed by atoms with Gasteiger partial charge in [0.25, 0.3) is 0 Å². The SMILES string of the molecule is CCCCN(CCCC)CCS(=O)(=O)N(Cc1ccc(O)cc1)c1ccc2ccccc2c1. The van der Waals surface area contributed by atoms with Gasteiger partial charge in [-0.2, -0.15) is 0 Å². The molecule has 5 nitrogen and oxygen atoms in total. The lowest BCUT2D eigenvalue weighted by molar-refractivity contribution is 0.279. The quantitative estimate of drug-likeness (QED) is 0.345. The molecule has 0 fully saturated rings. The number of hydrogen-bond acceptors (Lipinski definition) is 4. The number of nitrogens with zero attached hydrogens (tertiary/aromatic N) is 2. The molecule has 0 radical (unpaired) electrons. The summed E-state index contributed by atoms with van der Waals surface area (Å²) in [5.74, 6) is 0.243. The maximum absolute atomic E-state index is 13.6. The van der Waals surface area contributed by atoms with Gasteiger partial charge in [-0.25, -0.2) is 8.42 Å². The second kappa shape index (κ2) is 12.1. The molecule has 0 aliphatic carbocycles. The summed E-state index contributed by atoms with van der Waals surface area (Å²) in [7, 11) is -3.57. The molecule has 3 rings (SSSR count). The number of hydrogen-bond donors (Lipinski definition) is 1. The Morgan fingerprint density at radius 1 is 0.788 bits per heavy atom. The molecule has 0 heterocycles. The highest BCUT2D eigenvalue weighted by atomic mass is 32.2. The first kappa shape index (κ1) is 25.1. The highest BCUT2D eigenvalue weighted by molar-refractivity contribution is 7.92. The third-order valence-corrected chi connectivity index (χ3v) is 7.65. The molecule has 33 heavy (non-hydrogen) atoms. The van der Waals surface area contributed by atoms with Crippen LogP contribution in [-0.4, -0.2) is 43.8 Å². The molecule has 0 aliphatic rings. The Kier molecular flexibility index (Phi) is 9.15. The van der Waals surface area contributed by atoms with E-state index in [2.05, 4.69) is 18.7 Å². The summed E-state index contributed by atoms with van der Waals surface area (Å²) in [6.07, 6.45) is 4.34. The van der Waals surface area contributed by atoms with Gasteiger partial charge >= 0.3 is 0 Å². The number of phenolic OH excluding ortho intramolecular Hbond substituents is 1. The number of rotatable bonds is 13. The number of aromatic hydroxyl groups is 1. The van der Waals surface area contributed by atoms with Crippen LogP contribution >= 0.6 is 0 Å². The van der Waals surface area contributed by atoms with Gasteiger partial charge in [0.2, 0.25) is 10.0 Å². The van der Waals surface area contributed by atoms with Crippen LogP contribution in [0.1, 0.15) is 45.1 Å². The molecule has 0 aliphatic heterocycles. The van der Waals surface area contributed by atoms with Crippen LogP contribution in [0.15, 0.2) is 66.7 Å². The molecule has 0 atom stereocenters. The second-order valence-electron chi connectivity index (χ2n) is 8.57. The number of phenols is 1. The zero-order valence-corrected chi connectivity index (χ0v) is 20.6. The van der Waals surface area contributed by atoms with Crippen LogP contribution in [0.4, 0.5) is 5.69 Å². The van der Waals surface area contributed by atoms with Crippen molar-refractivity contribution in [2.75, 3.05) is 29.7 Å². The first-order valence-electron chi connectivity index (χ1n) is 11.9. The van der Waals surface area contributed by atoms with E-state index in [1.807, 2.05) is 42.5 Å². The summed E-state index contributed by atoms with van der Waals surface area (Å²) in [6.45, 7) is 6.94. The first-order valence-corrected chi connectivity index (χ1v) is 13.5. The molecule has 6 heteroatoms. The van der Waals surface area contributed by atoms with Gasteiger partial charge in [0, 0.05) is 6.54 Å². The van der Waals surface area contributed by atoms with E-state index in [4.69, 9.17) is 0 Å². The Bertz CT molecular complexity index is 1110. The molecule has 178 valence electrons. The van der Waals surface area contributed by atoms with Crippen molar-refractivity contribution in [3.8, 4) is 5.75 Å². The summed E-state index contributed by atoms with van der Waals surface area (Å²) >= 11 is 0. The predicted molar refractivity (Wildman–Crippen MR) is 138 cm³/mol. The van der Waals surface area contributed by atoms with Gasteiger partial charge < -0.3 is 10.0 Å². The fourth-order valence-corrected chi connectivity index (χ4v) is 5.39. The molecule has 3 aromatic carbocycles. The van der Waals surface area contributed by atoms with Crippen LogP contribution in [0, 0.1) is 0 Å². The van der Waals surface area contributed by atoms with E-state index >= 15 is 0 Å². The molecule has 0 saturated carbocycles. The summed E-state index contributed by atoms with van der Waals surface area (Å²) < 4.78 is 28.8. The fourth-order valence-electron chi connectivity index (χ4n) is 3.90. The van der Waals surface area contributed by atoms with Gasteiger partial charge in [-0.05, 0) is 66.5 Å². The Balaban J connectivity index is 1.88. The van der Waals surface area contributed by atoms with E-state index in [0.29, 0.717) is 12.2 Å². The summed E-state index contributed by atoms with van der Waals surface area (Å²) in [5.41, 5.74) is 1.49. The van der Waals surface area contributed by atoms with Crippen LogP contribution in [0.5, 0.6) is 5.75 Å². The average Bonchev–Trinajstić information content (AvgIpc) is 2.82. The molecule has 1 N–H and O–H groups in total. The van der Waals surface area contributed by atoms with E-state index in [0.717, 1.165) is 55.1 Å². The van der Waals surface area contributed by atoms with Gasteiger partial charge in [0.05, 0.1) is 18.0 Å². The maximum atomic E-state index is 13.6. The standard InChI is InChI=1S/C27H36N2O3S/c1-3-5-17-28(18-6-4-2)19-20-33(31,32)29(22-23-11-15-27(30)16-12-23)26-14-13-24-9-7-8-10-25(24)21-26/h7-16,21,30H,3-6,17-20,22H2,1-2H3. The van der Waals surface area contributed by atoms with Crippen molar-refractivity contribution in [1.82, 2.24) is 4.90 Å². The van der Waals surface area contributed by atoms with Gasteiger partial charge in [0.1, 0.15) is 5.75 Å². The topological polar surface area (TPSA) is 60.9 Å². The van der Waals surface area contributed by atoms with Crippen LogP contribution in [-0.2, 0) is 16.6 Å². The molecule has 0 aromatic heterocycles. The van der Waals surface area contributed by atoms with Gasteiger partial charge in [0.15, 0.2) is 0 Å². The normalized spacial score (nSPS) is 11.8. The second-order valence-corrected chi connectivity index (χ2v) is 10.6. The van der Waals surface area contributed by atoms with E-state index in [1.54, 1.807) is 24.3 Å². The number of unbranched alkanes of at least 4 members (excludes halogenated alkanes) is 2. The number of benzene rings is 3. The zero-order valence-electron chi connectivity index (χ0n) is 19.8. The summed E-state index contributed by atoms with van der Waals surface area (Å²) in [4.78, 5) is 2.28. The lowest BCUT2D eigenvalue weighted by Gasteiger charge is -2.27. The van der Waals surface area contributed by atoms with Crippen LogP contribution < -0.4 is 4.31 Å². The Hall–Kier alpha value is -2.57. The summed E-state index contributed by atoms with van der Waals surface area (Å²) in [5, 5.41) is 11.7. The molecule has 3 aromatic rings. The molecular formula is C27H36N2O3S.